The third kappa shape index (κ3) is 1.69. The van der Waals surface area contributed by atoms with Gasteiger partial charge in [0.15, 0.2) is 0 Å². The molecule has 1 heteroatoms. The Morgan fingerprint density at radius 2 is 2.00 bits per heavy atom. The molecule has 1 nitrogen and oxygen atoms in total. The molecule has 1 spiro atoms. The zero-order valence-electron chi connectivity index (χ0n) is 13.5. The molecule has 1 aromatic carbocycles. The molecule has 0 heterocycles. The number of rotatable bonds is 3. The first-order valence-electron chi connectivity index (χ1n) is 8.49. The van der Waals surface area contributed by atoms with Crippen LogP contribution >= 0.6 is 0 Å². The molecule has 3 unspecified atom stereocenters. The molecule has 114 valence electrons. The van der Waals surface area contributed by atoms with Crippen molar-refractivity contribution >= 4 is 0 Å². The fraction of sp³-hybridized carbons (Fsp3) is 0.429. The zero-order chi connectivity index (χ0) is 15.4. The van der Waals surface area contributed by atoms with Gasteiger partial charge < -0.3 is 5.73 Å². The molecule has 0 aliphatic heterocycles. The maximum Gasteiger partial charge on any atom is 0.0498 e. The molecule has 1 aromatic rings. The number of hydrogen-bond acceptors (Lipinski definition) is 1. The maximum absolute atomic E-state index is 7.03. The topological polar surface area (TPSA) is 26.0 Å². The minimum Gasteiger partial charge on any atom is -0.321 e. The van der Waals surface area contributed by atoms with Crippen molar-refractivity contribution in [2.45, 2.75) is 38.6 Å². The van der Waals surface area contributed by atoms with E-state index in [2.05, 4.69) is 68.5 Å². The van der Waals surface area contributed by atoms with Crippen molar-refractivity contribution in [1.29, 1.82) is 0 Å². The molecular weight excluding hydrogens is 266 g/mol. The summed E-state index contributed by atoms with van der Waals surface area (Å²) in [5, 5.41) is 0. The summed E-state index contributed by atoms with van der Waals surface area (Å²) in [6.45, 7) is 4.54. The lowest BCUT2D eigenvalue weighted by molar-refractivity contribution is 0.201. The van der Waals surface area contributed by atoms with Crippen LogP contribution in [0.15, 0.2) is 65.8 Å². The first-order valence-corrected chi connectivity index (χ1v) is 8.49. The molecule has 0 saturated heterocycles. The fourth-order valence-corrected chi connectivity index (χ4v) is 5.06. The number of nitrogens with two attached hydrogens (primary N) is 1. The SMILES string of the molecule is CC(C)C1(N)C=CC=C2CC3C=C(Cc4ccccc4)C21C3. The summed E-state index contributed by atoms with van der Waals surface area (Å²) >= 11 is 0. The van der Waals surface area contributed by atoms with Crippen LogP contribution in [0.5, 0.6) is 0 Å². The molecule has 1 fully saturated rings. The summed E-state index contributed by atoms with van der Waals surface area (Å²) in [5.74, 6) is 1.12. The normalized spacial score (nSPS) is 35.5. The molecule has 0 radical (unpaired) electrons. The first kappa shape index (κ1) is 14.0. The molecule has 4 rings (SSSR count). The van der Waals surface area contributed by atoms with Gasteiger partial charge in [-0.25, -0.2) is 0 Å². The lowest BCUT2D eigenvalue weighted by atomic mass is 9.56. The van der Waals surface area contributed by atoms with E-state index >= 15 is 0 Å². The predicted molar refractivity (Wildman–Crippen MR) is 92.4 cm³/mol. The maximum atomic E-state index is 7.03. The van der Waals surface area contributed by atoms with E-state index in [0.29, 0.717) is 11.8 Å². The third-order valence-electron chi connectivity index (χ3n) is 6.19. The second-order valence-corrected chi connectivity index (χ2v) is 7.57. The van der Waals surface area contributed by atoms with Gasteiger partial charge in [-0.3, -0.25) is 0 Å². The molecule has 22 heavy (non-hydrogen) atoms. The minimum absolute atomic E-state index is 0.0659. The molecule has 1 saturated carbocycles. The Balaban J connectivity index is 1.79. The van der Waals surface area contributed by atoms with Gasteiger partial charge in [-0.2, -0.15) is 0 Å². The van der Waals surface area contributed by atoms with Crippen molar-refractivity contribution in [2.24, 2.45) is 23.0 Å². The van der Waals surface area contributed by atoms with Crippen LogP contribution in [0.4, 0.5) is 0 Å². The monoisotopic (exact) mass is 291 g/mol. The van der Waals surface area contributed by atoms with Gasteiger partial charge in [0, 0.05) is 11.0 Å². The summed E-state index contributed by atoms with van der Waals surface area (Å²) in [4.78, 5) is 0. The van der Waals surface area contributed by atoms with E-state index in [9.17, 15) is 0 Å². The van der Waals surface area contributed by atoms with E-state index < -0.39 is 0 Å². The Bertz CT molecular complexity index is 679. The van der Waals surface area contributed by atoms with Crippen molar-refractivity contribution in [3.63, 3.8) is 0 Å². The Hall–Kier alpha value is -1.60. The third-order valence-corrected chi connectivity index (χ3v) is 6.19. The molecule has 3 aliphatic carbocycles. The van der Waals surface area contributed by atoms with Crippen molar-refractivity contribution in [3.05, 3.63) is 71.3 Å². The summed E-state index contributed by atoms with van der Waals surface area (Å²) in [6, 6.07) is 10.8. The van der Waals surface area contributed by atoms with Crippen LogP contribution in [-0.4, -0.2) is 5.54 Å². The highest BCUT2D eigenvalue weighted by Gasteiger charge is 2.60. The Morgan fingerprint density at radius 3 is 2.73 bits per heavy atom. The summed E-state index contributed by atoms with van der Waals surface area (Å²) in [7, 11) is 0. The van der Waals surface area contributed by atoms with E-state index in [1.165, 1.54) is 18.4 Å². The number of allylic oxidation sites excluding steroid dienone is 3. The number of fused-ring (bicyclic) bond motifs is 1. The van der Waals surface area contributed by atoms with Crippen LogP contribution < -0.4 is 5.73 Å². The van der Waals surface area contributed by atoms with Crippen LogP contribution in [0.2, 0.25) is 0 Å². The fourth-order valence-electron chi connectivity index (χ4n) is 5.06. The van der Waals surface area contributed by atoms with Crippen LogP contribution in [0.3, 0.4) is 0 Å². The van der Waals surface area contributed by atoms with E-state index in [-0.39, 0.29) is 11.0 Å². The summed E-state index contributed by atoms with van der Waals surface area (Å²) in [5.41, 5.74) is 11.4. The second kappa shape index (κ2) is 4.70. The molecule has 2 bridgehead atoms. The van der Waals surface area contributed by atoms with E-state index in [1.807, 2.05) is 0 Å². The quantitative estimate of drug-likeness (QED) is 0.820. The number of hydrogen-bond donors (Lipinski definition) is 1. The highest BCUT2D eigenvalue weighted by Crippen LogP contribution is 2.65. The molecule has 0 aromatic heterocycles. The van der Waals surface area contributed by atoms with Crippen LogP contribution in [0.1, 0.15) is 32.3 Å². The van der Waals surface area contributed by atoms with Gasteiger partial charge in [0.1, 0.15) is 0 Å². The highest BCUT2D eigenvalue weighted by molar-refractivity contribution is 5.53. The predicted octanol–water partition coefficient (Wildman–Crippen LogP) is 4.42. The summed E-state index contributed by atoms with van der Waals surface area (Å²) in [6.07, 6.45) is 12.8. The second-order valence-electron chi connectivity index (χ2n) is 7.57. The van der Waals surface area contributed by atoms with Gasteiger partial charge in [-0.1, -0.05) is 79.6 Å². The standard InChI is InChI=1S/C21H25N/c1-15(2)21(22)10-6-9-18-12-17-13-19(20(18,21)14-17)11-16-7-4-3-5-8-16/h3-10,13,15,17H,11-12,14,22H2,1-2H3. The smallest absolute Gasteiger partial charge is 0.0498 e. The average Bonchev–Trinajstić information content (AvgIpc) is 3.04. The largest absolute Gasteiger partial charge is 0.321 e. The van der Waals surface area contributed by atoms with Crippen LogP contribution in [0.25, 0.3) is 0 Å². The number of benzene rings is 1. The zero-order valence-corrected chi connectivity index (χ0v) is 13.5. The van der Waals surface area contributed by atoms with Crippen LogP contribution in [0, 0.1) is 17.3 Å². The first-order chi connectivity index (χ1) is 10.6. The van der Waals surface area contributed by atoms with Gasteiger partial charge in [0.2, 0.25) is 0 Å². The van der Waals surface area contributed by atoms with E-state index in [4.69, 9.17) is 5.73 Å². The van der Waals surface area contributed by atoms with Gasteiger partial charge in [0.05, 0.1) is 0 Å². The van der Waals surface area contributed by atoms with E-state index in [0.717, 1.165) is 6.42 Å². The Morgan fingerprint density at radius 1 is 1.23 bits per heavy atom. The molecule has 2 N–H and O–H groups in total. The molecule has 3 aliphatic rings. The minimum atomic E-state index is -0.247. The van der Waals surface area contributed by atoms with Gasteiger partial charge in [-0.05, 0) is 36.7 Å². The van der Waals surface area contributed by atoms with Gasteiger partial charge >= 0.3 is 0 Å². The molecular formula is C21H25N. The van der Waals surface area contributed by atoms with Crippen molar-refractivity contribution < 1.29 is 0 Å². The Kier molecular flexibility index (Phi) is 2.99. The molecule has 3 atom stereocenters. The van der Waals surface area contributed by atoms with Crippen molar-refractivity contribution in [2.75, 3.05) is 0 Å². The van der Waals surface area contributed by atoms with E-state index in [1.54, 1.807) is 11.1 Å². The average molecular weight is 291 g/mol. The van der Waals surface area contributed by atoms with Gasteiger partial charge in [-0.15, -0.1) is 0 Å². The lowest BCUT2D eigenvalue weighted by Gasteiger charge is -2.51. The highest BCUT2D eigenvalue weighted by atomic mass is 14.8. The van der Waals surface area contributed by atoms with Crippen molar-refractivity contribution in [1.82, 2.24) is 0 Å². The lowest BCUT2D eigenvalue weighted by Crippen LogP contribution is -2.58. The van der Waals surface area contributed by atoms with Crippen LogP contribution in [-0.2, 0) is 6.42 Å². The van der Waals surface area contributed by atoms with Gasteiger partial charge in [0.25, 0.3) is 0 Å². The molecule has 0 amide bonds. The summed E-state index contributed by atoms with van der Waals surface area (Å²) < 4.78 is 0. The van der Waals surface area contributed by atoms with Crippen molar-refractivity contribution in [3.8, 4) is 0 Å². The Labute approximate surface area is 133 Å².